The molecule has 0 aromatic rings. The molecule has 0 amide bonds. The van der Waals surface area contributed by atoms with E-state index in [4.69, 9.17) is 13.0 Å². The van der Waals surface area contributed by atoms with Crippen LogP contribution >= 0.6 is 0 Å². The van der Waals surface area contributed by atoms with E-state index in [2.05, 4.69) is 0 Å². The van der Waals surface area contributed by atoms with Crippen LogP contribution in [0, 0.1) is 0 Å². The zero-order chi connectivity index (χ0) is 3.58. The van der Waals surface area contributed by atoms with Crippen LogP contribution in [-0.2, 0) is 36.5 Å². The Hall–Kier alpha value is 0.229. The molecule has 0 bridgehead atoms. The van der Waals surface area contributed by atoms with Gasteiger partial charge in [0.05, 0.1) is 0 Å². The van der Waals surface area contributed by atoms with E-state index in [-0.39, 0.29) is 44.4 Å². The predicted molar refractivity (Wildman–Crippen MR) is 29.4 cm³/mol. The molecular formula is H11CuO8S. The molecule has 0 saturated carbocycles. The Balaban J connectivity index is -0.00000000300. The smallest absolute Gasteiger partial charge is 0.439 e. The van der Waals surface area contributed by atoms with Crippen LogP contribution in [-0.4, -0.2) is 31.9 Å². The SMILES string of the molecule is O.O.O.O.O.O=[S-](=O)O.[Cu+]. The van der Waals surface area contributed by atoms with Crippen LogP contribution in [0.5, 0.6) is 0 Å². The molecule has 0 rings (SSSR count). The minimum Gasteiger partial charge on any atom is -0.439 e. The maximum atomic E-state index is 8.56. The second-order valence-electron chi connectivity index (χ2n) is 0.217. The van der Waals surface area contributed by atoms with Crippen molar-refractivity contribution in [3.63, 3.8) is 0 Å². The second-order valence-corrected chi connectivity index (χ2v) is 0.651. The van der Waals surface area contributed by atoms with Gasteiger partial charge in [-0.2, -0.15) is 0 Å². The molecule has 0 radical (unpaired) electrons. The maximum Gasteiger partial charge on any atom is 1.00 e. The molecule has 0 aliphatic rings. The fourth-order valence-electron chi connectivity index (χ4n) is 0. The Morgan fingerprint density at radius 1 is 0.800 bits per heavy atom. The van der Waals surface area contributed by atoms with Gasteiger partial charge in [-0.15, -0.1) is 0 Å². The maximum absolute atomic E-state index is 8.56. The third-order valence-electron chi connectivity index (χ3n) is 0. The Morgan fingerprint density at radius 3 is 0.800 bits per heavy atom. The van der Waals surface area contributed by atoms with Crippen LogP contribution < -0.4 is 0 Å². The van der Waals surface area contributed by atoms with Gasteiger partial charge in [-0.25, -0.2) is 0 Å². The van der Waals surface area contributed by atoms with Crippen molar-refractivity contribution < 1.29 is 57.4 Å². The molecule has 0 unspecified atom stereocenters. The molecule has 0 aromatic carbocycles. The molecule has 0 atom stereocenters. The molecule has 0 fully saturated rings. The molecule has 76 valence electrons. The third kappa shape index (κ3) is 8170. The summed E-state index contributed by atoms with van der Waals surface area (Å²) in [5, 5.41) is 0. The summed E-state index contributed by atoms with van der Waals surface area (Å²) >= 11 is 0. The average Bonchev–Trinajstić information content (AvgIpc) is 0.811. The van der Waals surface area contributed by atoms with Gasteiger partial charge in [-0.05, 0) is 0 Å². The first-order valence-corrected chi connectivity index (χ1v) is 1.55. The van der Waals surface area contributed by atoms with Crippen LogP contribution in [0.3, 0.4) is 0 Å². The Labute approximate surface area is 69.0 Å². The van der Waals surface area contributed by atoms with Crippen molar-refractivity contribution in [1.29, 1.82) is 0 Å². The second kappa shape index (κ2) is 59.9. The zero-order valence-electron chi connectivity index (χ0n) is 4.47. The van der Waals surface area contributed by atoms with Gasteiger partial charge in [0.25, 0.3) is 0 Å². The third-order valence-corrected chi connectivity index (χ3v) is 0. The minimum atomic E-state index is -2.86. The van der Waals surface area contributed by atoms with E-state index in [0.717, 1.165) is 0 Å². The fourth-order valence-corrected chi connectivity index (χ4v) is 0. The summed E-state index contributed by atoms with van der Waals surface area (Å²) in [4.78, 5) is 0. The largest absolute Gasteiger partial charge is 1.00 e. The number of hydrogen-bond donors (Lipinski definition) is 1. The summed E-state index contributed by atoms with van der Waals surface area (Å²) in [5.41, 5.74) is 0. The van der Waals surface area contributed by atoms with Gasteiger partial charge in [-0.1, -0.05) is 0 Å². The zero-order valence-corrected chi connectivity index (χ0v) is 6.23. The van der Waals surface area contributed by atoms with E-state index in [1.54, 1.807) is 0 Å². The summed E-state index contributed by atoms with van der Waals surface area (Å²) in [6.07, 6.45) is 0. The Kier molecular flexibility index (Phi) is 501. The molecule has 11 N–H and O–H groups in total. The number of rotatable bonds is 0. The van der Waals surface area contributed by atoms with E-state index in [0.29, 0.717) is 0 Å². The molecule has 10 heteroatoms. The molecule has 0 aliphatic heterocycles. The van der Waals surface area contributed by atoms with E-state index < -0.39 is 11.0 Å². The summed E-state index contributed by atoms with van der Waals surface area (Å²) < 4.78 is 24.1. The van der Waals surface area contributed by atoms with Crippen LogP contribution in [0.1, 0.15) is 0 Å². The van der Waals surface area contributed by atoms with Crippen molar-refractivity contribution in [1.82, 2.24) is 0 Å². The molecule has 8 nitrogen and oxygen atoms in total. The van der Waals surface area contributed by atoms with Gasteiger partial charge in [0.1, 0.15) is 0 Å². The van der Waals surface area contributed by atoms with Crippen molar-refractivity contribution in [3.05, 3.63) is 0 Å². The van der Waals surface area contributed by atoms with Crippen LogP contribution in [0.2, 0.25) is 0 Å². The van der Waals surface area contributed by atoms with Gasteiger partial charge in [0.2, 0.25) is 0 Å². The topological polar surface area (TPSA) is 212 Å². The van der Waals surface area contributed by atoms with Crippen molar-refractivity contribution >= 4 is 11.0 Å². The number of hydrogen-bond acceptors (Lipinski definition) is 3. The van der Waals surface area contributed by atoms with Gasteiger partial charge < -0.3 is 40.4 Å². The first-order chi connectivity index (χ1) is 1.73. The van der Waals surface area contributed by atoms with Crippen molar-refractivity contribution in [2.75, 3.05) is 0 Å². The van der Waals surface area contributed by atoms with Crippen LogP contribution in [0.25, 0.3) is 0 Å². The van der Waals surface area contributed by atoms with Crippen molar-refractivity contribution in [2.45, 2.75) is 0 Å². The molecule has 10 heavy (non-hydrogen) atoms. The van der Waals surface area contributed by atoms with Crippen molar-refractivity contribution in [3.8, 4) is 0 Å². The van der Waals surface area contributed by atoms with E-state index in [1.165, 1.54) is 0 Å². The van der Waals surface area contributed by atoms with E-state index in [9.17, 15) is 0 Å². The normalized spacial score (nSPS) is 3.40. The van der Waals surface area contributed by atoms with Crippen LogP contribution in [0.15, 0.2) is 0 Å². The minimum absolute atomic E-state index is 0. The van der Waals surface area contributed by atoms with E-state index >= 15 is 0 Å². The summed E-state index contributed by atoms with van der Waals surface area (Å²) in [5.74, 6) is 0. The van der Waals surface area contributed by atoms with Crippen molar-refractivity contribution in [2.24, 2.45) is 0 Å². The molecule has 0 spiro atoms. The fraction of sp³-hybridized carbons (Fsp3) is 0. The Morgan fingerprint density at radius 2 is 0.800 bits per heavy atom. The molecule has 0 aromatic heterocycles. The average molecular weight is 235 g/mol. The van der Waals surface area contributed by atoms with E-state index in [1.807, 2.05) is 0 Å². The summed E-state index contributed by atoms with van der Waals surface area (Å²) in [6, 6.07) is 0. The Bertz CT molecular complexity index is 57.7. The first-order valence-electron chi connectivity index (χ1n) is 0.516. The molecule has 0 heterocycles. The van der Waals surface area contributed by atoms with Gasteiger partial charge >= 0.3 is 17.1 Å². The van der Waals surface area contributed by atoms with Gasteiger partial charge in [0, 0.05) is 11.0 Å². The summed E-state index contributed by atoms with van der Waals surface area (Å²) in [7, 11) is -2.86. The first kappa shape index (κ1) is 83.5. The molecule has 0 saturated heterocycles. The quantitative estimate of drug-likeness (QED) is 0.190. The van der Waals surface area contributed by atoms with Gasteiger partial charge in [0.15, 0.2) is 0 Å². The van der Waals surface area contributed by atoms with Gasteiger partial charge in [-0.3, -0.25) is 0 Å². The standard InChI is InChI=1S/Cu.HO3S.5H2O/c;1-4(2)3;;;;;/h;(H,1,2,3);5*1H2/q+1;-1;;;;;. The predicted octanol–water partition coefficient (Wildman–Crippen LogP) is -4.36. The monoisotopic (exact) mass is 234 g/mol. The summed E-state index contributed by atoms with van der Waals surface area (Å²) in [6.45, 7) is 0. The molecule has 0 aliphatic carbocycles. The molecular weight excluding hydrogens is 224 g/mol. The van der Waals surface area contributed by atoms with Crippen LogP contribution in [0.4, 0.5) is 0 Å².